The average molecular weight is 231 g/mol. The summed E-state index contributed by atoms with van der Waals surface area (Å²) in [4.78, 5) is 2.63. The van der Waals surface area contributed by atoms with Gasteiger partial charge in [0.05, 0.1) is 6.10 Å². The van der Waals surface area contributed by atoms with E-state index < -0.39 is 0 Å². The highest BCUT2D eigenvalue weighted by Crippen LogP contribution is 2.35. The lowest BCUT2D eigenvalue weighted by molar-refractivity contribution is -0.0312. The Balaban J connectivity index is 1.74. The quantitative estimate of drug-likeness (QED) is 0.845. The van der Waals surface area contributed by atoms with E-state index >= 15 is 0 Å². The lowest BCUT2D eigenvalue weighted by atomic mass is 9.82. The van der Waals surface area contributed by atoms with Crippen LogP contribution in [0.2, 0.25) is 0 Å². The topological polar surface area (TPSA) is 23.5 Å². The standard InChI is InChI=1S/C15H21NO/c17-15-9-13-7-4-8-14(10-15)16(13)11-12-5-2-1-3-6-12/h1-3,5-6,13-15,17H,4,7-11H2/t13-,14+,15-. The highest BCUT2D eigenvalue weighted by molar-refractivity contribution is 5.15. The zero-order valence-electron chi connectivity index (χ0n) is 10.3. The maximum absolute atomic E-state index is 9.87. The molecule has 2 nitrogen and oxygen atoms in total. The molecule has 0 aromatic heterocycles. The minimum Gasteiger partial charge on any atom is -0.393 e. The molecule has 0 amide bonds. The summed E-state index contributed by atoms with van der Waals surface area (Å²) in [7, 11) is 0. The van der Waals surface area contributed by atoms with Gasteiger partial charge in [-0.1, -0.05) is 36.8 Å². The number of aliphatic hydroxyl groups excluding tert-OH is 1. The molecule has 1 aromatic rings. The fourth-order valence-corrected chi connectivity index (χ4v) is 3.50. The molecule has 17 heavy (non-hydrogen) atoms. The van der Waals surface area contributed by atoms with E-state index in [-0.39, 0.29) is 6.10 Å². The largest absolute Gasteiger partial charge is 0.393 e. The number of piperidine rings is 2. The van der Waals surface area contributed by atoms with Crippen LogP contribution in [-0.4, -0.2) is 28.2 Å². The molecule has 0 aliphatic carbocycles. The summed E-state index contributed by atoms with van der Waals surface area (Å²) < 4.78 is 0. The Morgan fingerprint density at radius 1 is 1.06 bits per heavy atom. The van der Waals surface area contributed by atoms with E-state index in [1.807, 2.05) is 0 Å². The first-order valence-electron chi connectivity index (χ1n) is 6.80. The number of benzene rings is 1. The van der Waals surface area contributed by atoms with Crippen molar-refractivity contribution in [2.75, 3.05) is 0 Å². The number of hydrogen-bond donors (Lipinski definition) is 1. The van der Waals surface area contributed by atoms with Gasteiger partial charge < -0.3 is 5.11 Å². The molecule has 1 N–H and O–H groups in total. The highest BCUT2D eigenvalue weighted by Gasteiger charge is 2.37. The molecular formula is C15H21NO. The van der Waals surface area contributed by atoms with Crippen LogP contribution in [0, 0.1) is 0 Å². The molecule has 1 aromatic carbocycles. The third-order valence-corrected chi connectivity index (χ3v) is 4.31. The first kappa shape index (κ1) is 11.2. The average Bonchev–Trinajstić information content (AvgIpc) is 2.32. The molecule has 2 heterocycles. The van der Waals surface area contributed by atoms with E-state index in [2.05, 4.69) is 35.2 Å². The molecule has 0 radical (unpaired) electrons. The van der Waals surface area contributed by atoms with E-state index in [0.717, 1.165) is 19.4 Å². The van der Waals surface area contributed by atoms with Crippen LogP contribution in [0.25, 0.3) is 0 Å². The van der Waals surface area contributed by atoms with Gasteiger partial charge in [0.15, 0.2) is 0 Å². The molecule has 2 heteroatoms. The van der Waals surface area contributed by atoms with Crippen LogP contribution in [0.4, 0.5) is 0 Å². The molecule has 0 spiro atoms. The van der Waals surface area contributed by atoms with Crippen LogP contribution in [0.1, 0.15) is 37.7 Å². The number of hydrogen-bond acceptors (Lipinski definition) is 2. The van der Waals surface area contributed by atoms with Crippen molar-refractivity contribution >= 4 is 0 Å². The minimum atomic E-state index is -0.0580. The van der Waals surface area contributed by atoms with Gasteiger partial charge in [-0.15, -0.1) is 0 Å². The van der Waals surface area contributed by atoms with Crippen molar-refractivity contribution in [1.82, 2.24) is 4.90 Å². The smallest absolute Gasteiger partial charge is 0.0570 e. The molecular weight excluding hydrogens is 210 g/mol. The lowest BCUT2D eigenvalue weighted by Crippen LogP contribution is -2.52. The van der Waals surface area contributed by atoms with Crippen molar-refractivity contribution in [2.24, 2.45) is 0 Å². The first-order valence-corrected chi connectivity index (χ1v) is 6.80. The van der Waals surface area contributed by atoms with Crippen LogP contribution >= 0.6 is 0 Å². The predicted molar refractivity (Wildman–Crippen MR) is 68.7 cm³/mol. The Morgan fingerprint density at radius 2 is 1.71 bits per heavy atom. The van der Waals surface area contributed by atoms with Crippen molar-refractivity contribution in [3.63, 3.8) is 0 Å². The van der Waals surface area contributed by atoms with Crippen molar-refractivity contribution in [1.29, 1.82) is 0 Å². The minimum absolute atomic E-state index is 0.0580. The maximum Gasteiger partial charge on any atom is 0.0570 e. The molecule has 2 aliphatic heterocycles. The molecule has 3 atom stereocenters. The van der Waals surface area contributed by atoms with E-state index in [1.165, 1.54) is 24.8 Å². The van der Waals surface area contributed by atoms with Crippen LogP contribution in [-0.2, 0) is 6.54 Å². The number of rotatable bonds is 2. The molecule has 0 unspecified atom stereocenters. The molecule has 3 rings (SSSR count). The fourth-order valence-electron chi connectivity index (χ4n) is 3.50. The van der Waals surface area contributed by atoms with Crippen LogP contribution in [0.15, 0.2) is 30.3 Å². The Hall–Kier alpha value is -0.860. The van der Waals surface area contributed by atoms with Crippen LogP contribution in [0.5, 0.6) is 0 Å². The molecule has 2 bridgehead atoms. The SMILES string of the molecule is O[C@@H]1C[C@H]2CCC[C@@H](C1)N2Cc1ccccc1. The second-order valence-corrected chi connectivity index (χ2v) is 5.52. The number of fused-ring (bicyclic) bond motifs is 2. The summed E-state index contributed by atoms with van der Waals surface area (Å²) in [5.74, 6) is 0. The Morgan fingerprint density at radius 3 is 2.35 bits per heavy atom. The summed E-state index contributed by atoms with van der Waals surface area (Å²) in [6.45, 7) is 1.06. The Bertz CT molecular complexity index is 350. The van der Waals surface area contributed by atoms with Gasteiger partial charge in [0.1, 0.15) is 0 Å². The summed E-state index contributed by atoms with van der Waals surface area (Å²) in [5, 5.41) is 9.87. The summed E-state index contributed by atoms with van der Waals surface area (Å²) in [5.41, 5.74) is 1.40. The van der Waals surface area contributed by atoms with Gasteiger partial charge in [0, 0.05) is 18.6 Å². The highest BCUT2D eigenvalue weighted by atomic mass is 16.3. The van der Waals surface area contributed by atoms with E-state index in [4.69, 9.17) is 0 Å². The van der Waals surface area contributed by atoms with Crippen LogP contribution < -0.4 is 0 Å². The Kier molecular flexibility index (Phi) is 3.17. The molecule has 92 valence electrons. The van der Waals surface area contributed by atoms with Gasteiger partial charge in [-0.2, -0.15) is 0 Å². The molecule has 0 saturated carbocycles. The van der Waals surface area contributed by atoms with Crippen molar-refractivity contribution in [3.05, 3.63) is 35.9 Å². The first-order chi connectivity index (χ1) is 8.33. The lowest BCUT2D eigenvalue weighted by Gasteiger charge is -2.47. The van der Waals surface area contributed by atoms with Gasteiger partial charge in [0.25, 0.3) is 0 Å². The number of aliphatic hydroxyl groups is 1. The van der Waals surface area contributed by atoms with Crippen molar-refractivity contribution in [2.45, 2.75) is 56.8 Å². The van der Waals surface area contributed by atoms with Gasteiger partial charge in [-0.3, -0.25) is 4.90 Å². The van der Waals surface area contributed by atoms with Crippen LogP contribution in [0.3, 0.4) is 0 Å². The zero-order valence-corrected chi connectivity index (χ0v) is 10.3. The maximum atomic E-state index is 9.87. The van der Waals surface area contributed by atoms with Crippen molar-refractivity contribution < 1.29 is 5.11 Å². The molecule has 2 fully saturated rings. The monoisotopic (exact) mass is 231 g/mol. The summed E-state index contributed by atoms with van der Waals surface area (Å²) in [6.07, 6.45) is 5.76. The third kappa shape index (κ3) is 2.38. The number of nitrogens with zero attached hydrogens (tertiary/aromatic N) is 1. The zero-order chi connectivity index (χ0) is 11.7. The fraction of sp³-hybridized carbons (Fsp3) is 0.600. The summed E-state index contributed by atoms with van der Waals surface area (Å²) >= 11 is 0. The second-order valence-electron chi connectivity index (χ2n) is 5.52. The van der Waals surface area contributed by atoms with Gasteiger partial charge in [-0.25, -0.2) is 0 Å². The normalized spacial score (nSPS) is 33.6. The predicted octanol–water partition coefficient (Wildman–Crippen LogP) is 2.56. The van der Waals surface area contributed by atoms with Crippen molar-refractivity contribution in [3.8, 4) is 0 Å². The Labute approximate surface area is 103 Å². The van der Waals surface area contributed by atoms with Gasteiger partial charge in [-0.05, 0) is 31.2 Å². The summed E-state index contributed by atoms with van der Waals surface area (Å²) in [6, 6.07) is 11.9. The second kappa shape index (κ2) is 4.79. The van der Waals surface area contributed by atoms with Gasteiger partial charge >= 0.3 is 0 Å². The van der Waals surface area contributed by atoms with Gasteiger partial charge in [0.2, 0.25) is 0 Å². The molecule has 2 saturated heterocycles. The van der Waals surface area contributed by atoms with E-state index in [1.54, 1.807) is 0 Å². The third-order valence-electron chi connectivity index (χ3n) is 4.31. The van der Waals surface area contributed by atoms with E-state index in [0.29, 0.717) is 12.1 Å². The molecule has 2 aliphatic rings. The van der Waals surface area contributed by atoms with E-state index in [9.17, 15) is 5.11 Å².